The molecule has 1 atom stereocenters. The first-order valence-electron chi connectivity index (χ1n) is 36.1. The lowest BCUT2D eigenvalue weighted by Gasteiger charge is -2.18. The van der Waals surface area contributed by atoms with Crippen LogP contribution in [0.5, 0.6) is 0 Å². The van der Waals surface area contributed by atoms with Crippen LogP contribution in [-0.2, 0) is 28.6 Å². The molecule has 0 aliphatic rings. The standard InChI is InChI=1S/C77H136O6/c1-4-7-10-13-16-19-22-25-28-31-33-35-36-37-38-39-40-42-43-46-49-52-55-58-61-64-67-70-76(79)82-73-74(72-81-75(78)69-66-63-60-57-54-51-48-45-30-27-24-21-18-15-12-9-6-3)83-77(80)71-68-65-62-59-56-53-50-47-44-41-34-32-29-26-23-20-17-14-11-8-5-2/h7,10,16,19,23,25-26,28,32-35,44,47,74H,4-6,8-9,11-15,17-18,20-22,24,27,29-31,36-43,45-46,48-73H2,1-3H3/b10-7-,19-16-,26-23-,28-25-,34-32-,35-33-,47-44-. The van der Waals surface area contributed by atoms with E-state index in [9.17, 15) is 14.4 Å². The molecular formula is C77H136O6. The molecule has 0 saturated heterocycles. The van der Waals surface area contributed by atoms with Crippen molar-refractivity contribution in [2.75, 3.05) is 13.2 Å². The molecule has 0 aliphatic heterocycles. The third kappa shape index (κ3) is 69.3. The highest BCUT2D eigenvalue weighted by Gasteiger charge is 2.19. The van der Waals surface area contributed by atoms with E-state index in [-0.39, 0.29) is 31.1 Å². The molecule has 6 nitrogen and oxygen atoms in total. The molecule has 0 spiro atoms. The lowest BCUT2D eigenvalue weighted by atomic mass is 10.0. The van der Waals surface area contributed by atoms with Gasteiger partial charge < -0.3 is 14.2 Å². The van der Waals surface area contributed by atoms with Gasteiger partial charge in [-0.1, -0.05) is 337 Å². The Balaban J connectivity index is 4.33. The number of ether oxygens (including phenoxy) is 3. The summed E-state index contributed by atoms with van der Waals surface area (Å²) in [6.45, 7) is 6.56. The van der Waals surface area contributed by atoms with Crippen molar-refractivity contribution in [2.45, 2.75) is 374 Å². The highest BCUT2D eigenvalue weighted by molar-refractivity contribution is 5.71. The highest BCUT2D eigenvalue weighted by atomic mass is 16.6. The molecule has 0 fully saturated rings. The van der Waals surface area contributed by atoms with Crippen LogP contribution in [-0.4, -0.2) is 37.2 Å². The molecule has 0 N–H and O–H groups in total. The number of allylic oxidation sites excluding steroid dienone is 14. The second-order valence-electron chi connectivity index (χ2n) is 24.1. The quantitative estimate of drug-likeness (QED) is 0.0261. The van der Waals surface area contributed by atoms with Crippen LogP contribution in [0.25, 0.3) is 0 Å². The fourth-order valence-corrected chi connectivity index (χ4v) is 10.5. The maximum absolute atomic E-state index is 13.0. The van der Waals surface area contributed by atoms with Crippen LogP contribution in [0.15, 0.2) is 85.1 Å². The summed E-state index contributed by atoms with van der Waals surface area (Å²) >= 11 is 0. The van der Waals surface area contributed by atoms with Crippen molar-refractivity contribution in [1.29, 1.82) is 0 Å². The van der Waals surface area contributed by atoms with Crippen LogP contribution in [0.1, 0.15) is 367 Å². The molecule has 0 aromatic heterocycles. The summed E-state index contributed by atoms with van der Waals surface area (Å²) in [6.07, 6.45) is 94.6. The van der Waals surface area contributed by atoms with Gasteiger partial charge in [0.05, 0.1) is 0 Å². The average molecular weight is 1160 g/mol. The van der Waals surface area contributed by atoms with E-state index in [0.29, 0.717) is 19.3 Å². The normalized spacial score (nSPS) is 12.6. The second-order valence-corrected chi connectivity index (χ2v) is 24.1. The fraction of sp³-hybridized carbons (Fsp3) is 0.779. The van der Waals surface area contributed by atoms with E-state index in [2.05, 4.69) is 106 Å². The van der Waals surface area contributed by atoms with E-state index < -0.39 is 6.10 Å². The number of unbranched alkanes of at least 4 members (excludes halogenated alkanes) is 41. The van der Waals surface area contributed by atoms with Crippen molar-refractivity contribution in [3.05, 3.63) is 85.1 Å². The highest BCUT2D eigenvalue weighted by Crippen LogP contribution is 2.18. The predicted octanol–water partition coefficient (Wildman–Crippen LogP) is 25.0. The minimum Gasteiger partial charge on any atom is -0.462 e. The number of rotatable bonds is 66. The number of carbonyl (C=O) groups is 3. The van der Waals surface area contributed by atoms with Crippen molar-refractivity contribution in [3.8, 4) is 0 Å². The van der Waals surface area contributed by atoms with Gasteiger partial charge in [-0.15, -0.1) is 0 Å². The van der Waals surface area contributed by atoms with E-state index in [0.717, 1.165) is 109 Å². The topological polar surface area (TPSA) is 78.9 Å². The van der Waals surface area contributed by atoms with E-state index >= 15 is 0 Å². The predicted molar refractivity (Wildman–Crippen MR) is 362 cm³/mol. The van der Waals surface area contributed by atoms with Crippen LogP contribution < -0.4 is 0 Å². The first kappa shape index (κ1) is 79.6. The summed E-state index contributed by atoms with van der Waals surface area (Å²) in [5.41, 5.74) is 0. The third-order valence-electron chi connectivity index (χ3n) is 15.9. The number of hydrogen-bond acceptors (Lipinski definition) is 6. The average Bonchev–Trinajstić information content (AvgIpc) is 3.49. The van der Waals surface area contributed by atoms with E-state index in [1.165, 1.54) is 218 Å². The van der Waals surface area contributed by atoms with Gasteiger partial charge in [-0.25, -0.2) is 0 Å². The zero-order chi connectivity index (χ0) is 59.9. The Labute approximate surface area is 515 Å². The van der Waals surface area contributed by atoms with Gasteiger partial charge in [0.25, 0.3) is 0 Å². The largest absolute Gasteiger partial charge is 0.462 e. The lowest BCUT2D eigenvalue weighted by molar-refractivity contribution is -0.167. The smallest absolute Gasteiger partial charge is 0.306 e. The molecule has 0 rings (SSSR count). The third-order valence-corrected chi connectivity index (χ3v) is 15.9. The molecule has 0 amide bonds. The molecule has 0 bridgehead atoms. The second kappa shape index (κ2) is 71.1. The van der Waals surface area contributed by atoms with Gasteiger partial charge in [0.1, 0.15) is 13.2 Å². The lowest BCUT2D eigenvalue weighted by Crippen LogP contribution is -2.30. The molecule has 1 unspecified atom stereocenters. The Bertz CT molecular complexity index is 1570. The van der Waals surface area contributed by atoms with Crippen LogP contribution in [0.3, 0.4) is 0 Å². The Morgan fingerprint density at radius 2 is 0.470 bits per heavy atom. The van der Waals surface area contributed by atoms with Crippen molar-refractivity contribution in [2.24, 2.45) is 0 Å². The summed E-state index contributed by atoms with van der Waals surface area (Å²) in [4.78, 5) is 38.5. The van der Waals surface area contributed by atoms with Gasteiger partial charge in [0.2, 0.25) is 0 Å². The summed E-state index contributed by atoms with van der Waals surface area (Å²) < 4.78 is 17.0. The molecule has 0 radical (unpaired) electrons. The van der Waals surface area contributed by atoms with Crippen molar-refractivity contribution >= 4 is 17.9 Å². The molecule has 83 heavy (non-hydrogen) atoms. The Morgan fingerprint density at radius 1 is 0.253 bits per heavy atom. The van der Waals surface area contributed by atoms with Crippen LogP contribution in [0, 0.1) is 0 Å². The SMILES string of the molecule is CC/C=C\C/C=C\C/C=C\C/C=C\CCCCCCCCCCCCCCCCC(=O)OCC(COC(=O)CCCCCCCCCCCCCCCCCCC)OC(=O)CCCCCCCC/C=C\C/C=C\C/C=C\CCCCCCC. The van der Waals surface area contributed by atoms with Crippen molar-refractivity contribution < 1.29 is 28.6 Å². The molecule has 0 aromatic rings. The van der Waals surface area contributed by atoms with Gasteiger partial charge >= 0.3 is 17.9 Å². The van der Waals surface area contributed by atoms with Crippen LogP contribution in [0.4, 0.5) is 0 Å². The van der Waals surface area contributed by atoms with E-state index in [1.807, 2.05) is 0 Å². The summed E-state index contributed by atoms with van der Waals surface area (Å²) in [7, 11) is 0. The minimum atomic E-state index is -0.784. The first-order chi connectivity index (χ1) is 41.0. The van der Waals surface area contributed by atoms with E-state index in [1.54, 1.807) is 0 Å². The van der Waals surface area contributed by atoms with Gasteiger partial charge in [0, 0.05) is 19.3 Å². The Kier molecular flexibility index (Phi) is 68.2. The first-order valence-corrected chi connectivity index (χ1v) is 36.1. The van der Waals surface area contributed by atoms with Gasteiger partial charge in [-0.3, -0.25) is 14.4 Å². The molecule has 6 heteroatoms. The summed E-state index contributed by atoms with van der Waals surface area (Å²) in [5.74, 6) is -0.868. The van der Waals surface area contributed by atoms with E-state index in [4.69, 9.17) is 14.2 Å². The van der Waals surface area contributed by atoms with Gasteiger partial charge in [-0.2, -0.15) is 0 Å². The molecular weight excluding hydrogens is 1020 g/mol. The molecule has 0 saturated carbocycles. The van der Waals surface area contributed by atoms with Gasteiger partial charge in [-0.05, 0) is 96.3 Å². The molecule has 0 heterocycles. The van der Waals surface area contributed by atoms with Crippen LogP contribution in [0.2, 0.25) is 0 Å². The minimum absolute atomic E-state index is 0.0774. The number of carbonyl (C=O) groups excluding carboxylic acids is 3. The Morgan fingerprint density at radius 3 is 0.735 bits per heavy atom. The monoisotopic (exact) mass is 1160 g/mol. The summed E-state index contributed by atoms with van der Waals surface area (Å²) in [6, 6.07) is 0. The maximum Gasteiger partial charge on any atom is 0.306 e. The van der Waals surface area contributed by atoms with Gasteiger partial charge in [0.15, 0.2) is 6.10 Å². The van der Waals surface area contributed by atoms with Crippen molar-refractivity contribution in [1.82, 2.24) is 0 Å². The molecule has 0 aromatic carbocycles. The van der Waals surface area contributed by atoms with Crippen molar-refractivity contribution in [3.63, 3.8) is 0 Å². The number of hydrogen-bond donors (Lipinski definition) is 0. The maximum atomic E-state index is 13.0. The zero-order valence-corrected chi connectivity index (χ0v) is 55.2. The zero-order valence-electron chi connectivity index (χ0n) is 55.2. The Hall–Kier alpha value is -3.41. The van der Waals surface area contributed by atoms with Crippen LogP contribution >= 0.6 is 0 Å². The molecule has 0 aliphatic carbocycles. The number of esters is 3. The molecule has 480 valence electrons. The fourth-order valence-electron chi connectivity index (χ4n) is 10.5. The summed E-state index contributed by atoms with van der Waals surface area (Å²) in [5, 5.41) is 0.